The lowest BCUT2D eigenvalue weighted by atomic mass is 9.97. The molecule has 0 unspecified atom stereocenters. The van der Waals surface area contributed by atoms with Crippen molar-refractivity contribution in [3.8, 4) is 0 Å². The zero-order valence-electron chi connectivity index (χ0n) is 23.1. The lowest BCUT2D eigenvalue weighted by Gasteiger charge is -2.43. The van der Waals surface area contributed by atoms with Crippen LogP contribution in [-0.2, 0) is 30.3 Å². The van der Waals surface area contributed by atoms with Gasteiger partial charge in [0.25, 0.3) is 0 Å². The second-order valence-corrected chi connectivity index (χ2v) is 9.76. The molecule has 5 rings (SSSR count). The maximum absolute atomic E-state index is 13.3. The van der Waals surface area contributed by atoms with Crippen molar-refractivity contribution in [3.63, 3.8) is 0 Å². The van der Waals surface area contributed by atoms with Gasteiger partial charge in [-0.2, -0.15) is 0 Å². The number of hydrogen-bond acceptors (Lipinski definition) is 9. The predicted molar refractivity (Wildman–Crippen MR) is 154 cm³/mol. The van der Waals surface area contributed by atoms with E-state index in [0.29, 0.717) is 5.56 Å². The molecule has 1 saturated heterocycles. The first-order chi connectivity index (χ1) is 21.0. The Hall–Kier alpha value is -4.83. The maximum atomic E-state index is 13.3. The normalized spacial score (nSPS) is 21.4. The minimum absolute atomic E-state index is 0.0400. The summed E-state index contributed by atoms with van der Waals surface area (Å²) in [6, 6.07) is 34.0. The third kappa shape index (κ3) is 7.72. The number of rotatable bonds is 10. The smallest absolute Gasteiger partial charge is 0.338 e. The Bertz CT molecular complexity index is 1480. The van der Waals surface area contributed by atoms with Crippen LogP contribution in [0.4, 0.5) is 0 Å². The molecule has 9 heteroatoms. The fourth-order valence-corrected chi connectivity index (χ4v) is 4.60. The van der Waals surface area contributed by atoms with Crippen LogP contribution >= 0.6 is 0 Å². The minimum Gasteiger partial charge on any atom is -0.459 e. The third-order valence-electron chi connectivity index (χ3n) is 6.79. The Labute approximate surface area is 248 Å². The zero-order valence-corrected chi connectivity index (χ0v) is 23.1. The highest BCUT2D eigenvalue weighted by atomic mass is 16.7. The number of carbonyl (C=O) groups excluding carboxylic acids is 3. The first-order valence-corrected chi connectivity index (χ1v) is 13.7. The quantitative estimate of drug-likeness (QED) is 0.212. The Morgan fingerprint density at radius 2 is 1.02 bits per heavy atom. The van der Waals surface area contributed by atoms with Gasteiger partial charge in [-0.15, -0.1) is 0 Å². The summed E-state index contributed by atoms with van der Waals surface area (Å²) in [5, 5.41) is 11.1. The van der Waals surface area contributed by atoms with E-state index in [4.69, 9.17) is 23.7 Å². The molecule has 4 aromatic rings. The van der Waals surface area contributed by atoms with Crippen molar-refractivity contribution < 1.29 is 43.2 Å². The van der Waals surface area contributed by atoms with Gasteiger partial charge in [0.1, 0.15) is 18.8 Å². The van der Waals surface area contributed by atoms with E-state index in [2.05, 4.69) is 0 Å². The van der Waals surface area contributed by atoms with Gasteiger partial charge >= 0.3 is 17.9 Å². The molecule has 5 atom stereocenters. The Morgan fingerprint density at radius 3 is 1.53 bits per heavy atom. The van der Waals surface area contributed by atoms with Crippen molar-refractivity contribution in [3.05, 3.63) is 144 Å². The topological polar surface area (TPSA) is 118 Å². The molecule has 0 radical (unpaired) electrons. The van der Waals surface area contributed by atoms with Crippen molar-refractivity contribution in [1.29, 1.82) is 0 Å². The second kappa shape index (κ2) is 14.4. The van der Waals surface area contributed by atoms with Gasteiger partial charge in [0.15, 0.2) is 18.5 Å². The fourth-order valence-electron chi connectivity index (χ4n) is 4.60. The zero-order chi connectivity index (χ0) is 30.0. The lowest BCUT2D eigenvalue weighted by Crippen LogP contribution is -2.62. The van der Waals surface area contributed by atoms with E-state index in [1.54, 1.807) is 91.0 Å². The van der Waals surface area contributed by atoms with Crippen molar-refractivity contribution >= 4 is 17.9 Å². The molecule has 0 aromatic heterocycles. The summed E-state index contributed by atoms with van der Waals surface area (Å²) in [4.78, 5) is 39.3. The van der Waals surface area contributed by atoms with Gasteiger partial charge in [-0.25, -0.2) is 14.4 Å². The number of aliphatic hydroxyl groups excluding tert-OH is 1. The van der Waals surface area contributed by atoms with E-state index in [-0.39, 0.29) is 17.7 Å². The van der Waals surface area contributed by atoms with Crippen LogP contribution in [0.15, 0.2) is 121 Å². The summed E-state index contributed by atoms with van der Waals surface area (Å²) in [5.41, 5.74) is 1.57. The average Bonchev–Trinajstić information content (AvgIpc) is 3.06. The van der Waals surface area contributed by atoms with Crippen LogP contribution in [0.25, 0.3) is 0 Å². The van der Waals surface area contributed by atoms with Gasteiger partial charge < -0.3 is 28.8 Å². The molecule has 1 aliphatic rings. The number of ether oxygens (including phenoxy) is 5. The average molecular weight is 583 g/mol. The third-order valence-corrected chi connectivity index (χ3v) is 6.79. The number of hydrogen-bond donors (Lipinski definition) is 1. The van der Waals surface area contributed by atoms with Crippen molar-refractivity contribution in [2.45, 2.75) is 37.3 Å². The molecule has 1 N–H and O–H groups in total. The molecule has 0 bridgehead atoms. The van der Waals surface area contributed by atoms with Crippen LogP contribution in [0, 0.1) is 0 Å². The van der Waals surface area contributed by atoms with Gasteiger partial charge in [-0.05, 0) is 42.0 Å². The fraction of sp³-hybridized carbons (Fsp3) is 0.206. The molecule has 1 heterocycles. The molecule has 0 spiro atoms. The number of benzene rings is 4. The Morgan fingerprint density at radius 1 is 0.581 bits per heavy atom. The summed E-state index contributed by atoms with van der Waals surface area (Å²) in [6.45, 7) is -0.374. The molecule has 9 nitrogen and oxygen atoms in total. The summed E-state index contributed by atoms with van der Waals surface area (Å²) in [7, 11) is 0. The van der Waals surface area contributed by atoms with Crippen molar-refractivity contribution in [1.82, 2.24) is 0 Å². The minimum atomic E-state index is -1.62. The highest BCUT2D eigenvalue weighted by molar-refractivity contribution is 5.91. The second-order valence-electron chi connectivity index (χ2n) is 9.76. The summed E-state index contributed by atoms with van der Waals surface area (Å²) in [5.74, 6) is -2.10. The molecule has 43 heavy (non-hydrogen) atoms. The van der Waals surface area contributed by atoms with Crippen LogP contribution in [-0.4, -0.2) is 60.3 Å². The summed E-state index contributed by atoms with van der Waals surface area (Å²) < 4.78 is 29.1. The molecule has 0 saturated carbocycles. The number of aliphatic hydroxyl groups is 1. The van der Waals surface area contributed by atoms with Crippen LogP contribution in [0.3, 0.4) is 0 Å². The van der Waals surface area contributed by atoms with Crippen LogP contribution in [0.5, 0.6) is 0 Å². The Balaban J connectivity index is 1.45. The van der Waals surface area contributed by atoms with Gasteiger partial charge in [0.2, 0.25) is 0 Å². The maximum Gasteiger partial charge on any atom is 0.338 e. The van der Waals surface area contributed by atoms with E-state index in [1.165, 1.54) is 0 Å². The van der Waals surface area contributed by atoms with E-state index in [9.17, 15) is 19.5 Å². The van der Waals surface area contributed by atoms with Crippen LogP contribution in [0.1, 0.15) is 36.6 Å². The first-order valence-electron chi connectivity index (χ1n) is 13.7. The standard InChI is InChI=1S/C34H30O9/c35-31(24-15-7-2-8-16-24)40-22-27-28(42-32(36)25-17-9-3-10-18-25)29(43-33(37)26-19-11-4-12-20-26)30(34(38)41-27)39-21-23-13-5-1-6-14-23/h1-20,27-30,34,38H,21-22H2/t27-,28-,29+,30-,34+/m1/s1. The number of carbonyl (C=O) groups is 3. The molecule has 220 valence electrons. The van der Waals surface area contributed by atoms with E-state index >= 15 is 0 Å². The van der Waals surface area contributed by atoms with E-state index in [0.717, 1.165) is 5.56 Å². The van der Waals surface area contributed by atoms with Crippen LogP contribution in [0.2, 0.25) is 0 Å². The van der Waals surface area contributed by atoms with Gasteiger partial charge in [0, 0.05) is 0 Å². The molecule has 0 aliphatic carbocycles. The monoisotopic (exact) mass is 582 g/mol. The van der Waals surface area contributed by atoms with Gasteiger partial charge in [-0.1, -0.05) is 84.9 Å². The molecular formula is C34H30O9. The van der Waals surface area contributed by atoms with E-state index in [1.807, 2.05) is 30.3 Å². The van der Waals surface area contributed by atoms with Crippen LogP contribution < -0.4 is 0 Å². The molecule has 1 aliphatic heterocycles. The Kier molecular flexibility index (Phi) is 9.91. The predicted octanol–water partition coefficient (Wildman–Crippen LogP) is 4.60. The largest absolute Gasteiger partial charge is 0.459 e. The first kappa shape index (κ1) is 29.7. The SMILES string of the molecule is O=C(OC[C@H]1O[C@H](O)[C@H](OCc2ccccc2)[C@@H](OC(=O)c2ccccc2)[C@@H]1OC(=O)c1ccccc1)c1ccccc1. The lowest BCUT2D eigenvalue weighted by molar-refractivity contribution is -0.296. The summed E-state index contributed by atoms with van der Waals surface area (Å²) in [6.07, 6.45) is -6.76. The molecule has 4 aromatic carbocycles. The van der Waals surface area contributed by atoms with Gasteiger partial charge in [-0.3, -0.25) is 0 Å². The molecule has 0 amide bonds. The molecule has 1 fully saturated rings. The molecular weight excluding hydrogens is 552 g/mol. The van der Waals surface area contributed by atoms with Crippen molar-refractivity contribution in [2.24, 2.45) is 0 Å². The summed E-state index contributed by atoms with van der Waals surface area (Å²) >= 11 is 0. The van der Waals surface area contributed by atoms with Crippen molar-refractivity contribution in [2.75, 3.05) is 6.61 Å². The highest BCUT2D eigenvalue weighted by Crippen LogP contribution is 2.30. The highest BCUT2D eigenvalue weighted by Gasteiger charge is 2.51. The van der Waals surface area contributed by atoms with Gasteiger partial charge in [0.05, 0.1) is 23.3 Å². The van der Waals surface area contributed by atoms with E-state index < -0.39 is 55.2 Å². The number of esters is 3.